The van der Waals surface area contributed by atoms with Crippen molar-refractivity contribution in [3.63, 3.8) is 0 Å². The number of carbonyl (C=O) groups excluding carboxylic acids is 1. The van der Waals surface area contributed by atoms with E-state index in [0.717, 1.165) is 19.3 Å². The molecule has 3 heteroatoms. The SMILES string of the molecule is CCCCCSC=CC=CCCCCCCCC(=O)OC. The molecule has 0 atom stereocenters. The molecular weight excluding hydrogens is 280 g/mol. The summed E-state index contributed by atoms with van der Waals surface area (Å²) in [4.78, 5) is 10.9. The first-order chi connectivity index (χ1) is 10.3. The van der Waals surface area contributed by atoms with Gasteiger partial charge in [0.1, 0.15) is 0 Å². The molecule has 0 saturated heterocycles. The fraction of sp³-hybridized carbons (Fsp3) is 0.722. The lowest BCUT2D eigenvalue weighted by Gasteiger charge is -1.99. The topological polar surface area (TPSA) is 26.3 Å². The molecule has 0 unspecified atom stereocenters. The summed E-state index contributed by atoms with van der Waals surface area (Å²) in [5.74, 6) is 1.15. The summed E-state index contributed by atoms with van der Waals surface area (Å²) in [6.07, 6.45) is 18.0. The number of esters is 1. The second-order valence-electron chi connectivity index (χ2n) is 5.22. The minimum Gasteiger partial charge on any atom is -0.469 e. The van der Waals surface area contributed by atoms with E-state index < -0.39 is 0 Å². The zero-order valence-electron chi connectivity index (χ0n) is 13.8. The quantitative estimate of drug-likeness (QED) is 0.227. The zero-order valence-corrected chi connectivity index (χ0v) is 14.6. The molecule has 0 rings (SSSR count). The Bertz CT molecular complexity index is 285. The average Bonchev–Trinajstić information content (AvgIpc) is 2.50. The maximum absolute atomic E-state index is 10.9. The number of thioether (sulfide) groups is 1. The molecular formula is C18H32O2S. The van der Waals surface area contributed by atoms with Crippen LogP contribution in [-0.4, -0.2) is 18.8 Å². The van der Waals surface area contributed by atoms with Gasteiger partial charge in [0.15, 0.2) is 0 Å². The number of unbranched alkanes of at least 4 members (excludes halogenated alkanes) is 7. The van der Waals surface area contributed by atoms with Crippen LogP contribution in [-0.2, 0) is 9.53 Å². The summed E-state index contributed by atoms with van der Waals surface area (Å²) in [6, 6.07) is 0. The summed E-state index contributed by atoms with van der Waals surface area (Å²) >= 11 is 1.91. The number of carbonyl (C=O) groups is 1. The van der Waals surface area contributed by atoms with E-state index in [2.05, 4.69) is 35.3 Å². The van der Waals surface area contributed by atoms with Crippen molar-refractivity contribution in [2.24, 2.45) is 0 Å². The highest BCUT2D eigenvalue weighted by molar-refractivity contribution is 8.02. The summed E-state index contributed by atoms with van der Waals surface area (Å²) in [5, 5.41) is 2.19. The van der Waals surface area contributed by atoms with Crippen LogP contribution in [0.25, 0.3) is 0 Å². The molecule has 0 radical (unpaired) electrons. The molecule has 0 aromatic heterocycles. The van der Waals surface area contributed by atoms with Gasteiger partial charge in [0.25, 0.3) is 0 Å². The number of methoxy groups -OCH3 is 1. The molecule has 0 fully saturated rings. The van der Waals surface area contributed by atoms with Gasteiger partial charge in [-0.05, 0) is 36.8 Å². The van der Waals surface area contributed by atoms with E-state index in [1.54, 1.807) is 0 Å². The summed E-state index contributed by atoms with van der Waals surface area (Å²) in [5.41, 5.74) is 0. The first-order valence-electron chi connectivity index (χ1n) is 8.31. The van der Waals surface area contributed by atoms with Crippen LogP contribution >= 0.6 is 11.8 Å². The van der Waals surface area contributed by atoms with Crippen molar-refractivity contribution < 1.29 is 9.53 Å². The van der Waals surface area contributed by atoms with Crippen LogP contribution in [0.4, 0.5) is 0 Å². The lowest BCUT2D eigenvalue weighted by Crippen LogP contribution is -1.98. The number of hydrogen-bond acceptors (Lipinski definition) is 3. The van der Waals surface area contributed by atoms with Crippen molar-refractivity contribution in [3.8, 4) is 0 Å². The van der Waals surface area contributed by atoms with Gasteiger partial charge in [0.2, 0.25) is 0 Å². The molecule has 0 aromatic rings. The van der Waals surface area contributed by atoms with Crippen LogP contribution in [0.15, 0.2) is 23.6 Å². The van der Waals surface area contributed by atoms with E-state index in [1.807, 2.05) is 11.8 Å². The van der Waals surface area contributed by atoms with Gasteiger partial charge in [-0.15, -0.1) is 11.8 Å². The van der Waals surface area contributed by atoms with Crippen molar-refractivity contribution in [2.45, 2.75) is 71.1 Å². The van der Waals surface area contributed by atoms with Crippen LogP contribution in [0.3, 0.4) is 0 Å². The lowest BCUT2D eigenvalue weighted by atomic mass is 10.1. The second kappa shape index (κ2) is 17.4. The van der Waals surface area contributed by atoms with Crippen molar-refractivity contribution >= 4 is 17.7 Å². The second-order valence-corrected chi connectivity index (χ2v) is 6.23. The van der Waals surface area contributed by atoms with Crippen LogP contribution in [0.1, 0.15) is 71.1 Å². The summed E-state index contributed by atoms with van der Waals surface area (Å²) in [7, 11) is 1.45. The van der Waals surface area contributed by atoms with Crippen molar-refractivity contribution in [3.05, 3.63) is 23.6 Å². The Hall–Kier alpha value is -0.700. The highest BCUT2D eigenvalue weighted by atomic mass is 32.2. The molecule has 0 aliphatic carbocycles. The third-order valence-electron chi connectivity index (χ3n) is 3.27. The number of rotatable bonds is 14. The van der Waals surface area contributed by atoms with E-state index in [9.17, 15) is 4.79 Å². The van der Waals surface area contributed by atoms with Crippen LogP contribution in [0, 0.1) is 0 Å². The van der Waals surface area contributed by atoms with Gasteiger partial charge in [-0.3, -0.25) is 4.79 Å². The monoisotopic (exact) mass is 312 g/mol. The van der Waals surface area contributed by atoms with Gasteiger partial charge in [0, 0.05) is 6.42 Å². The predicted molar refractivity (Wildman–Crippen MR) is 94.6 cm³/mol. The predicted octanol–water partition coefficient (Wildman–Crippen LogP) is 5.88. The Morgan fingerprint density at radius 2 is 1.76 bits per heavy atom. The molecule has 0 aliphatic rings. The first kappa shape index (κ1) is 20.3. The van der Waals surface area contributed by atoms with E-state index in [4.69, 9.17) is 0 Å². The van der Waals surface area contributed by atoms with Crippen LogP contribution < -0.4 is 0 Å². The maximum Gasteiger partial charge on any atom is 0.305 e. The smallest absolute Gasteiger partial charge is 0.305 e. The largest absolute Gasteiger partial charge is 0.469 e. The molecule has 0 heterocycles. The Morgan fingerprint density at radius 3 is 2.52 bits per heavy atom. The van der Waals surface area contributed by atoms with Gasteiger partial charge >= 0.3 is 5.97 Å². The molecule has 2 nitrogen and oxygen atoms in total. The standard InChI is InChI=1S/C18H32O2S/c1-3-4-13-16-21-17-14-11-9-7-5-6-8-10-12-15-18(19)20-2/h9,11,14,17H,3-8,10,12-13,15-16H2,1-2H3. The summed E-state index contributed by atoms with van der Waals surface area (Å²) in [6.45, 7) is 2.24. The molecule has 0 spiro atoms. The van der Waals surface area contributed by atoms with E-state index in [1.165, 1.54) is 51.4 Å². The molecule has 0 aromatic carbocycles. The number of hydrogen-bond donors (Lipinski definition) is 0. The maximum atomic E-state index is 10.9. The molecule has 0 bridgehead atoms. The molecule has 21 heavy (non-hydrogen) atoms. The minimum atomic E-state index is -0.0858. The highest BCUT2D eigenvalue weighted by Gasteiger charge is 1.98. The summed E-state index contributed by atoms with van der Waals surface area (Å²) < 4.78 is 4.61. The number of allylic oxidation sites excluding steroid dienone is 3. The Labute approximate surface area is 135 Å². The first-order valence-corrected chi connectivity index (χ1v) is 9.36. The Kier molecular flexibility index (Phi) is 16.8. The Balaban J connectivity index is 3.21. The van der Waals surface area contributed by atoms with Crippen molar-refractivity contribution in [2.75, 3.05) is 12.9 Å². The van der Waals surface area contributed by atoms with Gasteiger partial charge < -0.3 is 4.74 Å². The van der Waals surface area contributed by atoms with Gasteiger partial charge in [-0.2, -0.15) is 0 Å². The third-order valence-corrected chi connectivity index (χ3v) is 4.14. The van der Waals surface area contributed by atoms with E-state index >= 15 is 0 Å². The zero-order chi connectivity index (χ0) is 15.6. The molecule has 0 N–H and O–H groups in total. The molecule has 0 amide bonds. The number of ether oxygens (including phenoxy) is 1. The van der Waals surface area contributed by atoms with Crippen molar-refractivity contribution in [1.82, 2.24) is 0 Å². The Morgan fingerprint density at radius 1 is 1.00 bits per heavy atom. The van der Waals surface area contributed by atoms with E-state index in [0.29, 0.717) is 6.42 Å². The fourth-order valence-electron chi connectivity index (χ4n) is 1.94. The lowest BCUT2D eigenvalue weighted by molar-refractivity contribution is -0.140. The highest BCUT2D eigenvalue weighted by Crippen LogP contribution is 2.09. The van der Waals surface area contributed by atoms with Gasteiger partial charge in [-0.1, -0.05) is 57.3 Å². The fourth-order valence-corrected chi connectivity index (χ4v) is 2.65. The van der Waals surface area contributed by atoms with Gasteiger partial charge in [0.05, 0.1) is 7.11 Å². The molecule has 0 aliphatic heterocycles. The van der Waals surface area contributed by atoms with Gasteiger partial charge in [-0.25, -0.2) is 0 Å². The molecule has 122 valence electrons. The third kappa shape index (κ3) is 17.2. The van der Waals surface area contributed by atoms with Crippen molar-refractivity contribution in [1.29, 1.82) is 0 Å². The normalized spacial score (nSPS) is 11.5. The molecule has 0 saturated carbocycles. The minimum absolute atomic E-state index is 0.0858. The van der Waals surface area contributed by atoms with Crippen LogP contribution in [0.5, 0.6) is 0 Å². The van der Waals surface area contributed by atoms with E-state index in [-0.39, 0.29) is 5.97 Å². The average molecular weight is 313 g/mol. The van der Waals surface area contributed by atoms with Crippen LogP contribution in [0.2, 0.25) is 0 Å².